The normalized spacial score (nSPS) is 17.4. The van der Waals surface area contributed by atoms with Crippen molar-refractivity contribution in [3.05, 3.63) is 47.9 Å². The Hall–Kier alpha value is -1.41. The number of nitrogens with one attached hydrogen (secondary N) is 2. The molecule has 0 saturated heterocycles. The van der Waals surface area contributed by atoms with Crippen LogP contribution < -0.4 is 10.0 Å². The molecule has 8 heteroatoms. The van der Waals surface area contributed by atoms with Gasteiger partial charge in [-0.15, -0.1) is 12.4 Å². The van der Waals surface area contributed by atoms with Crippen molar-refractivity contribution in [2.45, 2.75) is 37.4 Å². The third-order valence-electron chi connectivity index (χ3n) is 4.14. The number of rotatable bonds is 5. The fourth-order valence-electron chi connectivity index (χ4n) is 2.78. The molecule has 24 heavy (non-hydrogen) atoms. The molecular formula is C16H23ClN4O2S. The molecule has 1 aliphatic rings. The van der Waals surface area contributed by atoms with E-state index >= 15 is 0 Å². The molecule has 1 unspecified atom stereocenters. The van der Waals surface area contributed by atoms with Gasteiger partial charge >= 0.3 is 0 Å². The molecule has 0 amide bonds. The summed E-state index contributed by atoms with van der Waals surface area (Å²) in [5.74, 6) is 0. The minimum atomic E-state index is -3.60. The van der Waals surface area contributed by atoms with E-state index in [0.717, 1.165) is 18.5 Å². The Balaban J connectivity index is 0.00000208. The maximum absolute atomic E-state index is 12.4. The standard InChI is InChI=1S/C16H22N4O2S.ClH/c1-12(2)20-10-16(18-11-20)23(21,22)19-9-15-14-6-4-3-5-13(14)7-8-17-15;/h3-6,10-12,15,17,19H,7-9H2,1-2H3;1H. The zero-order chi connectivity index (χ0) is 16.4. The summed E-state index contributed by atoms with van der Waals surface area (Å²) in [5, 5.41) is 3.44. The summed E-state index contributed by atoms with van der Waals surface area (Å²) in [6, 6.07) is 8.32. The molecule has 0 radical (unpaired) electrons. The number of hydrogen-bond acceptors (Lipinski definition) is 4. The van der Waals surface area contributed by atoms with E-state index in [1.54, 1.807) is 17.1 Å². The summed E-state index contributed by atoms with van der Waals surface area (Å²) < 4.78 is 29.3. The van der Waals surface area contributed by atoms with Crippen LogP contribution in [0, 0.1) is 0 Å². The molecule has 2 aromatic rings. The molecule has 1 aromatic carbocycles. The predicted molar refractivity (Wildman–Crippen MR) is 95.9 cm³/mol. The molecule has 2 heterocycles. The molecule has 0 bridgehead atoms. The Morgan fingerprint density at radius 2 is 2.12 bits per heavy atom. The van der Waals surface area contributed by atoms with E-state index in [4.69, 9.17) is 0 Å². The molecular weight excluding hydrogens is 348 g/mol. The second kappa shape index (κ2) is 7.65. The van der Waals surface area contributed by atoms with Crippen LogP contribution in [0.2, 0.25) is 0 Å². The smallest absolute Gasteiger partial charge is 0.259 e. The highest BCUT2D eigenvalue weighted by atomic mass is 35.5. The summed E-state index contributed by atoms with van der Waals surface area (Å²) >= 11 is 0. The first-order valence-electron chi connectivity index (χ1n) is 7.81. The molecule has 1 aliphatic heterocycles. The van der Waals surface area contributed by atoms with Gasteiger partial charge in [0.25, 0.3) is 10.0 Å². The quantitative estimate of drug-likeness (QED) is 0.844. The Bertz CT molecular complexity index is 789. The van der Waals surface area contributed by atoms with Crippen LogP contribution in [0.15, 0.2) is 41.8 Å². The van der Waals surface area contributed by atoms with Crippen LogP contribution in [0.1, 0.15) is 37.1 Å². The van der Waals surface area contributed by atoms with Crippen molar-refractivity contribution >= 4 is 22.4 Å². The summed E-state index contributed by atoms with van der Waals surface area (Å²) in [6.45, 7) is 5.13. The number of nitrogens with zero attached hydrogens (tertiary/aromatic N) is 2. The van der Waals surface area contributed by atoms with Gasteiger partial charge in [0.1, 0.15) is 0 Å². The van der Waals surface area contributed by atoms with Crippen LogP contribution in [0.4, 0.5) is 0 Å². The minimum absolute atomic E-state index is 0. The van der Waals surface area contributed by atoms with Gasteiger partial charge in [-0.1, -0.05) is 24.3 Å². The van der Waals surface area contributed by atoms with E-state index < -0.39 is 10.0 Å². The van der Waals surface area contributed by atoms with Gasteiger partial charge in [0.2, 0.25) is 0 Å². The monoisotopic (exact) mass is 370 g/mol. The van der Waals surface area contributed by atoms with Crippen LogP contribution in [0.3, 0.4) is 0 Å². The average molecular weight is 371 g/mol. The second-order valence-corrected chi connectivity index (χ2v) is 7.77. The number of benzene rings is 1. The lowest BCUT2D eigenvalue weighted by molar-refractivity contribution is 0.491. The van der Waals surface area contributed by atoms with Crippen LogP contribution >= 0.6 is 12.4 Å². The third-order valence-corrected chi connectivity index (χ3v) is 5.45. The fourth-order valence-corrected chi connectivity index (χ4v) is 3.76. The number of fused-ring (bicyclic) bond motifs is 1. The van der Waals surface area contributed by atoms with E-state index in [1.165, 1.54) is 5.56 Å². The van der Waals surface area contributed by atoms with Crippen molar-refractivity contribution in [2.24, 2.45) is 0 Å². The topological polar surface area (TPSA) is 76.0 Å². The molecule has 1 aromatic heterocycles. The Morgan fingerprint density at radius 3 is 2.83 bits per heavy atom. The average Bonchev–Trinajstić information content (AvgIpc) is 3.04. The zero-order valence-electron chi connectivity index (χ0n) is 13.8. The largest absolute Gasteiger partial charge is 0.334 e. The first kappa shape index (κ1) is 18.9. The molecule has 132 valence electrons. The van der Waals surface area contributed by atoms with Crippen LogP contribution in [0.5, 0.6) is 0 Å². The van der Waals surface area contributed by atoms with Gasteiger partial charge in [-0.05, 0) is 37.9 Å². The van der Waals surface area contributed by atoms with Gasteiger partial charge in [-0.2, -0.15) is 0 Å². The first-order chi connectivity index (χ1) is 11.0. The lowest BCUT2D eigenvalue weighted by Crippen LogP contribution is -2.38. The van der Waals surface area contributed by atoms with E-state index in [1.807, 2.05) is 32.0 Å². The first-order valence-corrected chi connectivity index (χ1v) is 9.30. The van der Waals surface area contributed by atoms with E-state index in [-0.39, 0.29) is 29.5 Å². The highest BCUT2D eigenvalue weighted by Crippen LogP contribution is 2.22. The van der Waals surface area contributed by atoms with E-state index in [0.29, 0.717) is 6.54 Å². The Kier molecular flexibility index (Phi) is 6.03. The van der Waals surface area contributed by atoms with Crippen molar-refractivity contribution in [1.29, 1.82) is 0 Å². The summed E-state index contributed by atoms with van der Waals surface area (Å²) in [6.07, 6.45) is 4.08. The van der Waals surface area contributed by atoms with Gasteiger partial charge < -0.3 is 9.88 Å². The molecule has 3 rings (SSSR count). The summed E-state index contributed by atoms with van der Waals surface area (Å²) in [7, 11) is -3.60. The lowest BCUT2D eigenvalue weighted by atomic mass is 9.95. The maximum atomic E-state index is 12.4. The second-order valence-electron chi connectivity index (χ2n) is 6.06. The number of aromatic nitrogens is 2. The fraction of sp³-hybridized carbons (Fsp3) is 0.438. The Morgan fingerprint density at radius 1 is 1.38 bits per heavy atom. The maximum Gasteiger partial charge on any atom is 0.259 e. The summed E-state index contributed by atoms with van der Waals surface area (Å²) in [4.78, 5) is 4.01. The van der Waals surface area contributed by atoms with E-state index in [2.05, 4.69) is 21.1 Å². The predicted octanol–water partition coefficient (Wildman–Crippen LogP) is 2.05. The molecule has 2 N–H and O–H groups in total. The number of halogens is 1. The van der Waals surface area contributed by atoms with Gasteiger partial charge in [0, 0.05) is 24.8 Å². The molecule has 1 atom stereocenters. The molecule has 0 aliphatic carbocycles. The van der Waals surface area contributed by atoms with Crippen LogP contribution in [0.25, 0.3) is 0 Å². The highest BCUT2D eigenvalue weighted by Gasteiger charge is 2.23. The molecule has 0 saturated carbocycles. The molecule has 0 fully saturated rings. The van der Waals surface area contributed by atoms with Crippen LogP contribution in [-0.4, -0.2) is 31.1 Å². The highest BCUT2D eigenvalue weighted by molar-refractivity contribution is 7.89. The minimum Gasteiger partial charge on any atom is -0.334 e. The SMILES string of the molecule is CC(C)n1cnc(S(=O)(=O)NCC2NCCc3ccccc32)c1.Cl. The zero-order valence-corrected chi connectivity index (χ0v) is 15.4. The Labute approximate surface area is 149 Å². The van der Waals surface area contributed by atoms with Gasteiger partial charge in [-0.25, -0.2) is 18.1 Å². The molecule has 6 nitrogen and oxygen atoms in total. The molecule has 0 spiro atoms. The number of sulfonamides is 1. The third kappa shape index (κ3) is 3.97. The van der Waals surface area contributed by atoms with Crippen molar-refractivity contribution in [3.63, 3.8) is 0 Å². The van der Waals surface area contributed by atoms with Crippen molar-refractivity contribution in [3.8, 4) is 0 Å². The lowest BCUT2D eigenvalue weighted by Gasteiger charge is -2.26. The van der Waals surface area contributed by atoms with E-state index in [9.17, 15) is 8.42 Å². The van der Waals surface area contributed by atoms with Gasteiger partial charge in [-0.3, -0.25) is 0 Å². The van der Waals surface area contributed by atoms with Crippen LogP contribution in [-0.2, 0) is 16.4 Å². The summed E-state index contributed by atoms with van der Waals surface area (Å²) in [5.41, 5.74) is 2.44. The van der Waals surface area contributed by atoms with Crippen molar-refractivity contribution in [1.82, 2.24) is 19.6 Å². The van der Waals surface area contributed by atoms with Crippen molar-refractivity contribution < 1.29 is 8.42 Å². The van der Waals surface area contributed by atoms with Crippen molar-refractivity contribution in [2.75, 3.05) is 13.1 Å². The van der Waals surface area contributed by atoms with Gasteiger partial charge in [0.15, 0.2) is 5.03 Å². The van der Waals surface area contributed by atoms with Gasteiger partial charge in [0.05, 0.1) is 6.33 Å². The number of imidazole rings is 1. The number of hydrogen-bond donors (Lipinski definition) is 2.